The van der Waals surface area contributed by atoms with Crippen LogP contribution in [0.15, 0.2) is 78.9 Å². The summed E-state index contributed by atoms with van der Waals surface area (Å²) in [4.78, 5) is 12.3. The van der Waals surface area contributed by atoms with E-state index in [1.165, 1.54) is 22.3 Å². The summed E-state index contributed by atoms with van der Waals surface area (Å²) in [7, 11) is 0. The third-order valence-corrected chi connectivity index (χ3v) is 5.29. The number of ether oxygens (including phenoxy) is 2. The van der Waals surface area contributed by atoms with Gasteiger partial charge in [-0.2, -0.15) is 0 Å². The second-order valence-corrected chi connectivity index (χ2v) is 7.81. The van der Waals surface area contributed by atoms with E-state index in [4.69, 9.17) is 9.47 Å². The van der Waals surface area contributed by atoms with E-state index >= 15 is 0 Å². The fraction of sp³-hybridized carbons (Fsp3) is 0.222. The molecule has 1 amide bonds. The molecule has 0 aliphatic heterocycles. The number of carbonyl (C=O) groups excluding carboxylic acids is 1. The number of para-hydroxylation sites is 1. The Morgan fingerprint density at radius 2 is 1.55 bits per heavy atom. The molecule has 0 radical (unpaired) electrons. The van der Waals surface area contributed by atoms with E-state index in [-0.39, 0.29) is 12.0 Å². The highest BCUT2D eigenvalue weighted by Gasteiger charge is 2.28. The molecule has 158 valence electrons. The molecule has 0 saturated carbocycles. The normalized spacial score (nSPS) is 12.6. The zero-order valence-electron chi connectivity index (χ0n) is 17.9. The highest BCUT2D eigenvalue weighted by atomic mass is 16.5. The summed E-state index contributed by atoms with van der Waals surface area (Å²) in [5.41, 5.74) is 5.83. The van der Waals surface area contributed by atoms with Crippen LogP contribution in [0.4, 0.5) is 4.79 Å². The van der Waals surface area contributed by atoms with Crippen LogP contribution in [0.1, 0.15) is 36.5 Å². The minimum Gasteiger partial charge on any atom is -0.490 e. The van der Waals surface area contributed by atoms with Gasteiger partial charge in [-0.25, -0.2) is 4.79 Å². The van der Waals surface area contributed by atoms with Gasteiger partial charge in [0.25, 0.3) is 0 Å². The van der Waals surface area contributed by atoms with Crippen molar-refractivity contribution in [2.45, 2.75) is 25.9 Å². The smallest absolute Gasteiger partial charge is 0.407 e. The molecule has 0 bridgehead atoms. The molecule has 0 saturated heterocycles. The van der Waals surface area contributed by atoms with Crippen molar-refractivity contribution in [3.05, 3.63) is 95.6 Å². The van der Waals surface area contributed by atoms with Crippen LogP contribution >= 0.6 is 0 Å². The van der Waals surface area contributed by atoms with Crippen molar-refractivity contribution < 1.29 is 14.3 Å². The molecular formula is C27H27NO3. The third-order valence-electron chi connectivity index (χ3n) is 5.29. The summed E-state index contributed by atoms with van der Waals surface area (Å²) in [6.07, 6.45) is 3.53. The highest BCUT2D eigenvalue weighted by molar-refractivity contribution is 5.79. The van der Waals surface area contributed by atoms with E-state index in [9.17, 15) is 4.79 Å². The molecular weight excluding hydrogens is 386 g/mol. The minimum atomic E-state index is -0.418. The fourth-order valence-electron chi connectivity index (χ4n) is 3.96. The maximum absolute atomic E-state index is 12.3. The van der Waals surface area contributed by atoms with Crippen LogP contribution in [0.25, 0.3) is 17.2 Å². The Balaban J connectivity index is 1.32. The van der Waals surface area contributed by atoms with Gasteiger partial charge in [0.15, 0.2) is 0 Å². The number of rotatable bonds is 7. The van der Waals surface area contributed by atoms with Crippen LogP contribution in [-0.4, -0.2) is 25.3 Å². The largest absolute Gasteiger partial charge is 0.490 e. The van der Waals surface area contributed by atoms with E-state index in [2.05, 4.69) is 29.6 Å². The topological polar surface area (TPSA) is 47.6 Å². The number of carbonyl (C=O) groups is 1. The molecule has 4 rings (SSSR count). The Morgan fingerprint density at radius 3 is 2.23 bits per heavy atom. The van der Waals surface area contributed by atoms with Crippen molar-refractivity contribution in [3.63, 3.8) is 0 Å². The first-order valence-corrected chi connectivity index (χ1v) is 10.6. The Kier molecular flexibility index (Phi) is 6.37. The number of amides is 1. The van der Waals surface area contributed by atoms with Gasteiger partial charge >= 0.3 is 6.09 Å². The van der Waals surface area contributed by atoms with Crippen LogP contribution in [0.5, 0.6) is 5.75 Å². The summed E-state index contributed by atoms with van der Waals surface area (Å²) >= 11 is 0. The van der Waals surface area contributed by atoms with Gasteiger partial charge in [-0.1, -0.05) is 78.9 Å². The van der Waals surface area contributed by atoms with Crippen LogP contribution in [-0.2, 0) is 4.74 Å². The van der Waals surface area contributed by atoms with Gasteiger partial charge in [0.05, 0.1) is 6.10 Å². The first kappa shape index (κ1) is 20.7. The number of nitrogens with one attached hydrogen (secondary N) is 1. The van der Waals surface area contributed by atoms with E-state index in [0.717, 1.165) is 11.3 Å². The molecule has 0 fully saturated rings. The van der Waals surface area contributed by atoms with Crippen molar-refractivity contribution in [2.24, 2.45) is 0 Å². The van der Waals surface area contributed by atoms with E-state index < -0.39 is 6.09 Å². The second-order valence-electron chi connectivity index (χ2n) is 7.81. The molecule has 1 aliphatic carbocycles. The molecule has 0 atom stereocenters. The van der Waals surface area contributed by atoms with Crippen molar-refractivity contribution in [1.82, 2.24) is 5.32 Å². The summed E-state index contributed by atoms with van der Waals surface area (Å²) < 4.78 is 11.4. The molecule has 4 heteroatoms. The maximum Gasteiger partial charge on any atom is 0.407 e. The second kappa shape index (κ2) is 9.52. The average Bonchev–Trinajstić information content (AvgIpc) is 3.10. The first-order chi connectivity index (χ1) is 15.1. The van der Waals surface area contributed by atoms with Gasteiger partial charge in [-0.05, 0) is 42.2 Å². The van der Waals surface area contributed by atoms with Gasteiger partial charge in [0.2, 0.25) is 0 Å². The van der Waals surface area contributed by atoms with Gasteiger partial charge in [-0.15, -0.1) is 0 Å². The summed E-state index contributed by atoms with van der Waals surface area (Å²) in [6.45, 7) is 4.69. The lowest BCUT2D eigenvalue weighted by Crippen LogP contribution is -2.26. The Hall–Kier alpha value is -3.53. The van der Waals surface area contributed by atoms with Gasteiger partial charge in [0.1, 0.15) is 12.4 Å². The molecule has 0 unspecified atom stereocenters. The molecule has 0 aromatic heterocycles. The van der Waals surface area contributed by atoms with E-state index in [1.54, 1.807) is 0 Å². The molecule has 0 spiro atoms. The van der Waals surface area contributed by atoms with Gasteiger partial charge in [-0.3, -0.25) is 0 Å². The number of fused-ring (bicyclic) bond motifs is 3. The van der Waals surface area contributed by atoms with Crippen molar-refractivity contribution in [1.29, 1.82) is 0 Å². The summed E-state index contributed by atoms with van der Waals surface area (Å²) in [5, 5.41) is 2.80. The Morgan fingerprint density at radius 1 is 0.935 bits per heavy atom. The molecule has 1 aliphatic rings. The predicted molar refractivity (Wildman–Crippen MR) is 124 cm³/mol. The monoisotopic (exact) mass is 413 g/mol. The molecule has 4 nitrogen and oxygen atoms in total. The zero-order valence-corrected chi connectivity index (χ0v) is 17.9. The number of alkyl carbamates (subject to hydrolysis) is 1. The number of hydrogen-bond acceptors (Lipinski definition) is 3. The molecule has 0 heterocycles. The van der Waals surface area contributed by atoms with Crippen molar-refractivity contribution >= 4 is 12.2 Å². The Labute approximate surface area is 183 Å². The highest BCUT2D eigenvalue weighted by Crippen LogP contribution is 2.44. The lowest BCUT2D eigenvalue weighted by Gasteiger charge is -2.14. The van der Waals surface area contributed by atoms with Crippen LogP contribution in [0.3, 0.4) is 0 Å². The molecule has 31 heavy (non-hydrogen) atoms. The van der Waals surface area contributed by atoms with Crippen molar-refractivity contribution in [2.75, 3.05) is 13.2 Å². The quantitative estimate of drug-likeness (QED) is 0.515. The Bertz CT molecular complexity index is 1040. The third kappa shape index (κ3) is 4.80. The van der Waals surface area contributed by atoms with E-state index in [0.29, 0.717) is 13.2 Å². The lowest BCUT2D eigenvalue weighted by molar-refractivity contribution is 0.144. The van der Waals surface area contributed by atoms with Gasteiger partial charge in [0, 0.05) is 18.0 Å². The standard InChI is InChI=1S/C27H27NO3/c1-19(2)31-26-16-8-3-10-20(26)11-9-17-28-27(29)30-18-25-23-14-6-4-12-21(23)22-13-5-7-15-24(22)25/h3-16,19,25H,17-18H2,1-2H3,(H,28,29). The van der Waals surface area contributed by atoms with E-state index in [1.807, 2.05) is 74.5 Å². The minimum absolute atomic E-state index is 0.0637. The van der Waals surface area contributed by atoms with Crippen LogP contribution in [0, 0.1) is 0 Å². The molecule has 1 N–H and O–H groups in total. The van der Waals surface area contributed by atoms with Crippen LogP contribution in [0.2, 0.25) is 0 Å². The number of hydrogen-bond donors (Lipinski definition) is 1. The lowest BCUT2D eigenvalue weighted by atomic mass is 9.98. The summed E-state index contributed by atoms with van der Waals surface area (Å²) in [5.74, 6) is 0.892. The zero-order chi connectivity index (χ0) is 21.6. The SMILES string of the molecule is CC(C)Oc1ccccc1C=CCNC(=O)OCC1c2ccccc2-c2ccccc21. The predicted octanol–water partition coefficient (Wildman–Crippen LogP) is 6.03. The molecule has 3 aromatic rings. The van der Waals surface area contributed by atoms with Crippen LogP contribution < -0.4 is 10.1 Å². The number of benzene rings is 3. The fourth-order valence-corrected chi connectivity index (χ4v) is 3.96. The maximum atomic E-state index is 12.3. The van der Waals surface area contributed by atoms with Gasteiger partial charge < -0.3 is 14.8 Å². The summed E-state index contributed by atoms with van der Waals surface area (Å²) in [6, 6.07) is 24.5. The first-order valence-electron chi connectivity index (χ1n) is 10.6. The molecule has 3 aromatic carbocycles. The van der Waals surface area contributed by atoms with Crippen molar-refractivity contribution in [3.8, 4) is 16.9 Å². The average molecular weight is 414 g/mol.